The Bertz CT molecular complexity index is 1010. The van der Waals surface area contributed by atoms with Crippen LogP contribution >= 0.6 is 0 Å². The molecule has 1 aromatic carbocycles. The lowest BCUT2D eigenvalue weighted by Gasteiger charge is -2.31. The minimum atomic E-state index is -4.14. The number of hydrogen-bond donors (Lipinski definition) is 0. The standard InChI is InChI=1S/C22H22F3N3O2/c23-22(24,25)5-8-28-6-3-15(4-7-28)20(29)11-19-10-18-9-16(21-13-26-14-30-21)1-2-17(18)12-27-19/h1-2,9-10,12-15H,3-8,11H2. The highest BCUT2D eigenvalue weighted by molar-refractivity contribution is 5.88. The lowest BCUT2D eigenvalue weighted by atomic mass is 9.90. The van der Waals surface area contributed by atoms with Crippen LogP contribution in [0.2, 0.25) is 0 Å². The first-order valence-corrected chi connectivity index (χ1v) is 9.97. The zero-order chi connectivity index (χ0) is 21.1. The van der Waals surface area contributed by atoms with E-state index in [4.69, 9.17) is 4.42 Å². The largest absolute Gasteiger partial charge is 0.444 e. The van der Waals surface area contributed by atoms with Crippen molar-refractivity contribution in [1.29, 1.82) is 0 Å². The van der Waals surface area contributed by atoms with Gasteiger partial charge in [0.05, 0.1) is 12.6 Å². The number of hydrogen-bond acceptors (Lipinski definition) is 5. The maximum absolute atomic E-state index is 12.7. The number of halogens is 3. The molecule has 0 bridgehead atoms. The van der Waals surface area contributed by atoms with E-state index in [2.05, 4.69) is 9.97 Å². The first-order valence-electron chi connectivity index (χ1n) is 9.97. The summed E-state index contributed by atoms with van der Waals surface area (Å²) in [5.74, 6) is 0.650. The molecule has 0 atom stereocenters. The van der Waals surface area contributed by atoms with E-state index in [1.165, 1.54) is 6.39 Å². The summed E-state index contributed by atoms with van der Waals surface area (Å²) >= 11 is 0. The van der Waals surface area contributed by atoms with Gasteiger partial charge < -0.3 is 9.32 Å². The van der Waals surface area contributed by atoms with Gasteiger partial charge in [0.2, 0.25) is 0 Å². The Kier molecular flexibility index (Phi) is 5.85. The number of nitrogens with zero attached hydrogens (tertiary/aromatic N) is 3. The van der Waals surface area contributed by atoms with Crippen LogP contribution in [0.15, 0.2) is 47.5 Å². The Morgan fingerprint density at radius 3 is 2.63 bits per heavy atom. The molecule has 2 aromatic heterocycles. The fourth-order valence-corrected chi connectivity index (χ4v) is 3.88. The van der Waals surface area contributed by atoms with Crippen molar-refractivity contribution in [3.63, 3.8) is 0 Å². The van der Waals surface area contributed by atoms with Gasteiger partial charge in [0.1, 0.15) is 5.78 Å². The van der Waals surface area contributed by atoms with Gasteiger partial charge in [-0.05, 0) is 43.5 Å². The summed E-state index contributed by atoms with van der Waals surface area (Å²) in [7, 11) is 0. The van der Waals surface area contributed by atoms with Crippen molar-refractivity contribution in [3.8, 4) is 11.3 Å². The van der Waals surface area contributed by atoms with Gasteiger partial charge in [0.15, 0.2) is 12.2 Å². The van der Waals surface area contributed by atoms with Gasteiger partial charge in [-0.2, -0.15) is 13.2 Å². The molecular formula is C22H22F3N3O2. The number of carbonyl (C=O) groups excluding carboxylic acids is 1. The number of oxazole rings is 1. The second kappa shape index (κ2) is 8.55. The molecule has 8 heteroatoms. The summed E-state index contributed by atoms with van der Waals surface area (Å²) < 4.78 is 42.5. The molecular weight excluding hydrogens is 395 g/mol. The first-order chi connectivity index (χ1) is 14.4. The number of likely N-dealkylation sites (tertiary alicyclic amines) is 1. The Labute approximate surface area is 171 Å². The second-order valence-corrected chi connectivity index (χ2v) is 7.73. The molecule has 0 radical (unpaired) electrons. The van der Waals surface area contributed by atoms with Gasteiger partial charge in [-0.3, -0.25) is 9.78 Å². The SMILES string of the molecule is O=C(Cc1cc2cc(-c3cnco3)ccc2cn1)C1CCN(CCC(F)(F)F)CC1. The maximum Gasteiger partial charge on any atom is 0.390 e. The lowest BCUT2D eigenvalue weighted by Crippen LogP contribution is -2.38. The molecule has 0 saturated carbocycles. The van der Waals surface area contributed by atoms with E-state index >= 15 is 0 Å². The van der Waals surface area contributed by atoms with Crippen LogP contribution in [0.1, 0.15) is 25.0 Å². The topological polar surface area (TPSA) is 59.2 Å². The van der Waals surface area contributed by atoms with Crippen molar-refractivity contribution < 1.29 is 22.4 Å². The monoisotopic (exact) mass is 417 g/mol. The number of carbonyl (C=O) groups is 1. The highest BCUT2D eigenvalue weighted by Gasteiger charge is 2.30. The molecule has 158 valence electrons. The minimum Gasteiger partial charge on any atom is -0.444 e. The number of fused-ring (bicyclic) bond motifs is 1. The van der Waals surface area contributed by atoms with E-state index in [0.29, 0.717) is 37.4 Å². The summed E-state index contributed by atoms with van der Waals surface area (Å²) in [5.41, 5.74) is 1.59. The molecule has 5 nitrogen and oxygen atoms in total. The number of alkyl halides is 3. The highest BCUT2D eigenvalue weighted by atomic mass is 19.4. The first kappa shape index (κ1) is 20.5. The van der Waals surface area contributed by atoms with Crippen molar-refractivity contribution >= 4 is 16.6 Å². The van der Waals surface area contributed by atoms with Crippen LogP contribution in [0, 0.1) is 5.92 Å². The fourth-order valence-electron chi connectivity index (χ4n) is 3.88. The summed E-state index contributed by atoms with van der Waals surface area (Å²) in [6, 6.07) is 7.76. The van der Waals surface area contributed by atoms with Gasteiger partial charge >= 0.3 is 6.18 Å². The Balaban J connectivity index is 1.37. The van der Waals surface area contributed by atoms with Crippen LogP contribution < -0.4 is 0 Å². The average molecular weight is 417 g/mol. The molecule has 1 aliphatic rings. The quantitative estimate of drug-likeness (QED) is 0.584. The van der Waals surface area contributed by atoms with E-state index < -0.39 is 12.6 Å². The number of rotatable bonds is 6. The third-order valence-electron chi connectivity index (χ3n) is 5.60. The number of piperidine rings is 1. The Morgan fingerprint density at radius 1 is 1.13 bits per heavy atom. The molecule has 1 fully saturated rings. The molecule has 1 saturated heterocycles. The zero-order valence-electron chi connectivity index (χ0n) is 16.4. The number of benzene rings is 1. The summed E-state index contributed by atoms with van der Waals surface area (Å²) in [5, 5.41) is 1.93. The van der Waals surface area contributed by atoms with Crippen LogP contribution in [-0.2, 0) is 11.2 Å². The van der Waals surface area contributed by atoms with Gasteiger partial charge in [-0.1, -0.05) is 12.1 Å². The maximum atomic E-state index is 12.7. The minimum absolute atomic E-state index is 0.00413. The second-order valence-electron chi connectivity index (χ2n) is 7.73. The van der Waals surface area contributed by atoms with Crippen molar-refractivity contribution in [3.05, 3.63) is 48.7 Å². The van der Waals surface area contributed by atoms with Gasteiger partial charge in [-0.25, -0.2) is 4.98 Å². The van der Waals surface area contributed by atoms with E-state index in [0.717, 1.165) is 16.3 Å². The molecule has 0 aliphatic carbocycles. The van der Waals surface area contributed by atoms with E-state index in [1.54, 1.807) is 17.3 Å². The third-order valence-corrected chi connectivity index (χ3v) is 5.60. The third kappa shape index (κ3) is 5.05. The molecule has 3 heterocycles. The fraction of sp³-hybridized carbons (Fsp3) is 0.409. The molecule has 30 heavy (non-hydrogen) atoms. The molecule has 0 spiro atoms. The van der Waals surface area contributed by atoms with Crippen LogP contribution in [0.5, 0.6) is 0 Å². The average Bonchev–Trinajstić information content (AvgIpc) is 3.26. The number of pyridine rings is 1. The molecule has 1 aliphatic heterocycles. The summed E-state index contributed by atoms with van der Waals surface area (Å²) in [6.07, 6.45) is 1.26. The predicted octanol–water partition coefficient (Wildman–Crippen LogP) is 4.67. The molecule has 0 amide bonds. The van der Waals surface area contributed by atoms with E-state index in [-0.39, 0.29) is 24.7 Å². The van der Waals surface area contributed by atoms with E-state index in [9.17, 15) is 18.0 Å². The van der Waals surface area contributed by atoms with Crippen molar-refractivity contribution in [2.75, 3.05) is 19.6 Å². The molecule has 3 aromatic rings. The van der Waals surface area contributed by atoms with Crippen LogP contribution in [0.25, 0.3) is 22.1 Å². The normalized spacial score (nSPS) is 16.2. The lowest BCUT2D eigenvalue weighted by molar-refractivity contribution is -0.139. The molecule has 4 rings (SSSR count). The van der Waals surface area contributed by atoms with Crippen molar-refractivity contribution in [2.24, 2.45) is 5.92 Å². The Hall–Kier alpha value is -2.74. The Morgan fingerprint density at radius 2 is 1.93 bits per heavy atom. The van der Waals surface area contributed by atoms with Crippen LogP contribution in [0.3, 0.4) is 0 Å². The van der Waals surface area contributed by atoms with Gasteiger partial charge in [0.25, 0.3) is 0 Å². The number of aromatic nitrogens is 2. The molecule has 0 unspecified atom stereocenters. The van der Waals surface area contributed by atoms with Crippen LogP contribution in [-0.4, -0.2) is 46.5 Å². The van der Waals surface area contributed by atoms with E-state index in [1.807, 2.05) is 24.3 Å². The smallest absolute Gasteiger partial charge is 0.390 e. The highest BCUT2D eigenvalue weighted by Crippen LogP contribution is 2.26. The number of ketones is 1. The number of Topliss-reactive ketones (excluding diaryl/α,β-unsaturated/α-hetero) is 1. The zero-order valence-corrected chi connectivity index (χ0v) is 16.4. The summed E-state index contributed by atoms with van der Waals surface area (Å²) in [4.78, 5) is 22.9. The van der Waals surface area contributed by atoms with Gasteiger partial charge in [0, 0.05) is 41.7 Å². The van der Waals surface area contributed by atoms with Crippen LogP contribution in [0.4, 0.5) is 13.2 Å². The van der Waals surface area contributed by atoms with Crippen molar-refractivity contribution in [1.82, 2.24) is 14.9 Å². The van der Waals surface area contributed by atoms with Gasteiger partial charge in [-0.15, -0.1) is 0 Å². The predicted molar refractivity (Wildman–Crippen MR) is 106 cm³/mol. The summed E-state index contributed by atoms with van der Waals surface area (Å²) in [6.45, 7) is 1.06. The van der Waals surface area contributed by atoms with Crippen molar-refractivity contribution in [2.45, 2.75) is 31.9 Å². The molecule has 0 N–H and O–H groups in total.